The second-order valence-electron chi connectivity index (χ2n) is 6.46. The Labute approximate surface area is 153 Å². The molecule has 4 nitrogen and oxygen atoms in total. The van der Waals surface area contributed by atoms with Crippen LogP contribution in [0.4, 0.5) is 5.69 Å². The molecule has 1 aliphatic rings. The molecule has 0 aliphatic carbocycles. The van der Waals surface area contributed by atoms with E-state index in [9.17, 15) is 9.59 Å². The minimum atomic E-state index is -0.502. The lowest BCUT2D eigenvalue weighted by Gasteiger charge is -2.39. The van der Waals surface area contributed by atoms with E-state index in [0.717, 1.165) is 11.3 Å². The van der Waals surface area contributed by atoms with Crippen molar-refractivity contribution in [3.05, 3.63) is 64.2 Å². The summed E-state index contributed by atoms with van der Waals surface area (Å²) in [4.78, 5) is 29.0. The van der Waals surface area contributed by atoms with Crippen molar-refractivity contribution in [3.63, 3.8) is 0 Å². The van der Waals surface area contributed by atoms with Gasteiger partial charge in [0.1, 0.15) is 6.04 Å². The standard InChI is InChI=1S/C20H21ClN2O2/c1-13-4-9-18(14(2)12-13)23-11-10-22(15(3)19(23)24)20(25)16-5-7-17(21)8-6-16/h4-9,12,15H,10-11H2,1-3H3. The van der Waals surface area contributed by atoms with E-state index in [-0.39, 0.29) is 11.8 Å². The zero-order valence-corrected chi connectivity index (χ0v) is 15.4. The van der Waals surface area contributed by atoms with Crippen molar-refractivity contribution < 1.29 is 9.59 Å². The van der Waals surface area contributed by atoms with Gasteiger partial charge >= 0.3 is 0 Å². The van der Waals surface area contributed by atoms with Gasteiger partial charge < -0.3 is 9.80 Å². The number of nitrogens with zero attached hydrogens (tertiary/aromatic N) is 2. The maximum absolute atomic E-state index is 12.9. The number of benzene rings is 2. The van der Waals surface area contributed by atoms with Gasteiger partial charge in [-0.25, -0.2) is 0 Å². The van der Waals surface area contributed by atoms with Crippen LogP contribution in [0.2, 0.25) is 5.02 Å². The van der Waals surface area contributed by atoms with Gasteiger partial charge in [-0.05, 0) is 56.7 Å². The third-order valence-electron chi connectivity index (χ3n) is 4.65. The van der Waals surface area contributed by atoms with Gasteiger partial charge in [-0.15, -0.1) is 0 Å². The first-order valence-electron chi connectivity index (χ1n) is 8.33. The Hall–Kier alpha value is -2.33. The van der Waals surface area contributed by atoms with Crippen molar-refractivity contribution in [2.45, 2.75) is 26.8 Å². The van der Waals surface area contributed by atoms with Crippen LogP contribution >= 0.6 is 11.6 Å². The molecule has 2 aromatic rings. The Balaban J connectivity index is 1.81. The van der Waals surface area contributed by atoms with E-state index < -0.39 is 6.04 Å². The SMILES string of the molecule is Cc1ccc(N2CCN(C(=O)c3ccc(Cl)cc3)C(C)C2=O)c(C)c1. The van der Waals surface area contributed by atoms with Crippen molar-refractivity contribution in [2.75, 3.05) is 18.0 Å². The molecule has 0 N–H and O–H groups in total. The molecule has 1 atom stereocenters. The molecule has 0 saturated carbocycles. The highest BCUT2D eigenvalue weighted by molar-refractivity contribution is 6.30. The molecular weight excluding hydrogens is 336 g/mol. The van der Waals surface area contributed by atoms with Gasteiger partial charge in [0.05, 0.1) is 0 Å². The Morgan fingerprint density at radius 2 is 1.76 bits per heavy atom. The predicted octanol–water partition coefficient (Wildman–Crippen LogP) is 3.83. The van der Waals surface area contributed by atoms with Crippen LogP contribution in [0.15, 0.2) is 42.5 Å². The summed E-state index contributed by atoms with van der Waals surface area (Å²) in [6.45, 7) is 6.81. The molecular formula is C20H21ClN2O2. The van der Waals surface area contributed by atoms with E-state index >= 15 is 0 Å². The molecule has 0 aromatic heterocycles. The average Bonchev–Trinajstić information content (AvgIpc) is 2.58. The molecule has 2 aromatic carbocycles. The first kappa shape index (κ1) is 17.5. The normalized spacial score (nSPS) is 17.8. The Morgan fingerprint density at radius 1 is 1.08 bits per heavy atom. The molecule has 0 radical (unpaired) electrons. The van der Waals surface area contributed by atoms with E-state index in [1.165, 1.54) is 5.56 Å². The molecule has 1 unspecified atom stereocenters. The van der Waals surface area contributed by atoms with Gasteiger partial charge in [-0.3, -0.25) is 9.59 Å². The summed E-state index contributed by atoms with van der Waals surface area (Å²) in [5, 5.41) is 0.584. The predicted molar refractivity (Wildman–Crippen MR) is 100 cm³/mol. The van der Waals surface area contributed by atoms with E-state index in [0.29, 0.717) is 23.7 Å². The molecule has 1 saturated heterocycles. The summed E-state index contributed by atoms with van der Waals surface area (Å²) in [6.07, 6.45) is 0. The third-order valence-corrected chi connectivity index (χ3v) is 4.90. The second-order valence-corrected chi connectivity index (χ2v) is 6.90. The highest BCUT2D eigenvalue weighted by Crippen LogP contribution is 2.26. The molecule has 130 valence electrons. The summed E-state index contributed by atoms with van der Waals surface area (Å²) in [5.41, 5.74) is 3.70. The summed E-state index contributed by atoms with van der Waals surface area (Å²) in [6, 6.07) is 12.3. The van der Waals surface area contributed by atoms with E-state index in [2.05, 4.69) is 6.07 Å². The maximum Gasteiger partial charge on any atom is 0.254 e. The lowest BCUT2D eigenvalue weighted by atomic mass is 10.1. The Morgan fingerprint density at radius 3 is 2.40 bits per heavy atom. The van der Waals surface area contributed by atoms with Crippen LogP contribution in [0.25, 0.3) is 0 Å². The van der Waals surface area contributed by atoms with Crippen molar-refractivity contribution in [2.24, 2.45) is 0 Å². The van der Waals surface area contributed by atoms with Crippen LogP contribution in [0.5, 0.6) is 0 Å². The summed E-state index contributed by atoms with van der Waals surface area (Å²) < 4.78 is 0. The third kappa shape index (κ3) is 3.40. The van der Waals surface area contributed by atoms with E-state index in [1.54, 1.807) is 41.0 Å². The van der Waals surface area contributed by atoms with Crippen LogP contribution in [0, 0.1) is 13.8 Å². The van der Waals surface area contributed by atoms with Gasteiger partial charge in [-0.1, -0.05) is 29.3 Å². The maximum atomic E-state index is 12.9. The second kappa shape index (κ2) is 6.89. The van der Waals surface area contributed by atoms with Crippen molar-refractivity contribution in [1.29, 1.82) is 0 Å². The number of hydrogen-bond acceptors (Lipinski definition) is 2. The molecule has 0 bridgehead atoms. The quantitative estimate of drug-likeness (QED) is 0.820. The number of amides is 2. The highest BCUT2D eigenvalue weighted by Gasteiger charge is 2.35. The zero-order valence-electron chi connectivity index (χ0n) is 14.6. The average molecular weight is 357 g/mol. The number of anilines is 1. The van der Waals surface area contributed by atoms with Crippen LogP contribution in [0.1, 0.15) is 28.4 Å². The first-order valence-corrected chi connectivity index (χ1v) is 8.71. The van der Waals surface area contributed by atoms with Gasteiger partial charge in [0.2, 0.25) is 5.91 Å². The highest BCUT2D eigenvalue weighted by atomic mass is 35.5. The number of carbonyl (C=O) groups is 2. The molecule has 1 heterocycles. The summed E-state index contributed by atoms with van der Waals surface area (Å²) >= 11 is 5.88. The van der Waals surface area contributed by atoms with Gasteiger partial charge in [-0.2, -0.15) is 0 Å². The molecule has 3 rings (SSSR count). The number of aryl methyl sites for hydroxylation is 2. The number of carbonyl (C=O) groups excluding carboxylic acids is 2. The van der Waals surface area contributed by atoms with E-state index in [1.807, 2.05) is 26.0 Å². The zero-order chi connectivity index (χ0) is 18.1. The first-order chi connectivity index (χ1) is 11.9. The molecule has 5 heteroatoms. The fourth-order valence-corrected chi connectivity index (χ4v) is 3.38. The number of rotatable bonds is 2. The van der Waals surface area contributed by atoms with Crippen LogP contribution in [0.3, 0.4) is 0 Å². The number of hydrogen-bond donors (Lipinski definition) is 0. The lowest BCUT2D eigenvalue weighted by molar-refractivity contribution is -0.124. The number of halogens is 1. The van der Waals surface area contributed by atoms with Crippen molar-refractivity contribution in [3.8, 4) is 0 Å². The van der Waals surface area contributed by atoms with Gasteiger partial charge in [0, 0.05) is 29.4 Å². The van der Waals surface area contributed by atoms with Crippen LogP contribution < -0.4 is 4.90 Å². The smallest absolute Gasteiger partial charge is 0.254 e. The summed E-state index contributed by atoms with van der Waals surface area (Å²) in [5.74, 6) is -0.196. The molecule has 25 heavy (non-hydrogen) atoms. The van der Waals surface area contributed by atoms with Crippen molar-refractivity contribution >= 4 is 29.1 Å². The monoisotopic (exact) mass is 356 g/mol. The lowest BCUT2D eigenvalue weighted by Crippen LogP contribution is -2.57. The van der Waals surface area contributed by atoms with Crippen LogP contribution in [-0.2, 0) is 4.79 Å². The van der Waals surface area contributed by atoms with Crippen LogP contribution in [-0.4, -0.2) is 35.8 Å². The topological polar surface area (TPSA) is 40.6 Å². The minimum Gasteiger partial charge on any atom is -0.325 e. The molecule has 2 amide bonds. The van der Waals surface area contributed by atoms with Gasteiger partial charge in [0.25, 0.3) is 5.91 Å². The largest absolute Gasteiger partial charge is 0.325 e. The fraction of sp³-hybridized carbons (Fsp3) is 0.300. The molecule has 1 aliphatic heterocycles. The number of piperazine rings is 1. The Bertz CT molecular complexity index is 817. The molecule has 1 fully saturated rings. The van der Waals surface area contributed by atoms with Gasteiger partial charge in [0.15, 0.2) is 0 Å². The Kier molecular flexibility index (Phi) is 4.82. The van der Waals surface area contributed by atoms with E-state index in [4.69, 9.17) is 11.6 Å². The molecule has 0 spiro atoms. The van der Waals surface area contributed by atoms with Crippen molar-refractivity contribution in [1.82, 2.24) is 4.90 Å². The summed E-state index contributed by atoms with van der Waals surface area (Å²) in [7, 11) is 0. The minimum absolute atomic E-state index is 0.0551. The fourth-order valence-electron chi connectivity index (χ4n) is 3.25.